The number of hydrogen-bond acceptors (Lipinski definition) is 4. The number of methoxy groups -OCH3 is 1. The number of ether oxygens (including phenoxy) is 1. The van der Waals surface area contributed by atoms with Crippen LogP contribution in [0.1, 0.15) is 57.3 Å². The van der Waals surface area contributed by atoms with E-state index < -0.39 is 0 Å². The number of aryl methyl sites for hydroxylation is 1. The molecule has 2 heterocycles. The van der Waals surface area contributed by atoms with E-state index in [0.29, 0.717) is 40.5 Å². The molecule has 2 aliphatic rings. The topological polar surface area (TPSA) is 71.5 Å². The van der Waals surface area contributed by atoms with Crippen molar-refractivity contribution < 1.29 is 14.3 Å². The molecule has 6 nitrogen and oxygen atoms in total. The molecule has 36 heavy (non-hydrogen) atoms. The number of carbonyl (C=O) groups excluding carboxylic acids is 2. The number of pyridine rings is 1. The molecule has 5 rings (SSSR count). The fourth-order valence-corrected chi connectivity index (χ4v) is 5.38. The van der Waals surface area contributed by atoms with Crippen LogP contribution in [0.5, 0.6) is 5.75 Å². The van der Waals surface area contributed by atoms with Gasteiger partial charge in [0.05, 0.1) is 12.7 Å². The molecule has 1 saturated heterocycles. The van der Waals surface area contributed by atoms with Gasteiger partial charge in [0, 0.05) is 36.2 Å². The number of anilines is 1. The van der Waals surface area contributed by atoms with E-state index in [1.165, 1.54) is 5.56 Å². The van der Waals surface area contributed by atoms with E-state index >= 15 is 0 Å². The molecule has 1 aliphatic carbocycles. The molecule has 0 spiro atoms. The van der Waals surface area contributed by atoms with E-state index in [-0.39, 0.29) is 11.8 Å². The van der Waals surface area contributed by atoms with Crippen LogP contribution >= 0.6 is 0 Å². The average Bonchev–Trinajstić information content (AvgIpc) is 3.37. The van der Waals surface area contributed by atoms with Crippen LogP contribution < -0.4 is 10.1 Å². The third-order valence-corrected chi connectivity index (χ3v) is 7.42. The second kappa shape index (κ2) is 9.76. The van der Waals surface area contributed by atoms with Crippen molar-refractivity contribution in [2.24, 2.45) is 17.8 Å². The molecule has 1 N–H and O–H groups in total. The summed E-state index contributed by atoms with van der Waals surface area (Å²) in [7, 11) is 1.68. The number of likely N-dealkylation sites (tertiary alicyclic amines) is 1. The summed E-state index contributed by atoms with van der Waals surface area (Å²) in [6.07, 6.45) is 2.50. The van der Waals surface area contributed by atoms with E-state index in [9.17, 15) is 9.59 Å². The zero-order valence-electron chi connectivity index (χ0n) is 21.3. The van der Waals surface area contributed by atoms with Gasteiger partial charge in [-0.3, -0.25) is 14.6 Å². The van der Waals surface area contributed by atoms with Crippen molar-refractivity contribution in [2.75, 3.05) is 25.5 Å². The lowest BCUT2D eigenvalue weighted by Gasteiger charge is -2.21. The standard InChI is InChI=1S/C30H33N3O3/c1-18(2)13-23-10-7-22(15-31-23)29(34)32-27-14-21(6-5-19(27)3)30(35)33-16-25-26(17-33)28(25)20-8-11-24(36-4)12-9-20/h5-12,14-15,18,25-26,28H,13,16-17H2,1-4H3,(H,32,34)/t25-,26+,28?. The Bertz CT molecular complexity index is 1260. The normalized spacial score (nSPS) is 20.2. The summed E-state index contributed by atoms with van der Waals surface area (Å²) in [5.74, 6) is 2.71. The van der Waals surface area contributed by atoms with Gasteiger partial charge in [0.2, 0.25) is 0 Å². The third kappa shape index (κ3) is 4.85. The fourth-order valence-electron chi connectivity index (χ4n) is 5.38. The Labute approximate surface area is 212 Å². The fraction of sp³-hybridized carbons (Fsp3) is 0.367. The second-order valence-electron chi connectivity index (χ2n) is 10.5. The highest BCUT2D eigenvalue weighted by Crippen LogP contribution is 2.58. The maximum atomic E-state index is 13.3. The van der Waals surface area contributed by atoms with Crippen molar-refractivity contribution in [1.82, 2.24) is 9.88 Å². The van der Waals surface area contributed by atoms with Gasteiger partial charge >= 0.3 is 0 Å². The van der Waals surface area contributed by atoms with Crippen molar-refractivity contribution in [2.45, 2.75) is 33.1 Å². The third-order valence-electron chi connectivity index (χ3n) is 7.42. The Morgan fingerprint density at radius 1 is 1.03 bits per heavy atom. The number of rotatable bonds is 7. The number of aromatic nitrogens is 1. The lowest BCUT2D eigenvalue weighted by molar-refractivity contribution is 0.0772. The highest BCUT2D eigenvalue weighted by Gasteiger charge is 2.57. The van der Waals surface area contributed by atoms with Gasteiger partial charge in [-0.1, -0.05) is 32.0 Å². The summed E-state index contributed by atoms with van der Waals surface area (Å²) >= 11 is 0. The summed E-state index contributed by atoms with van der Waals surface area (Å²) in [5, 5.41) is 2.97. The largest absolute Gasteiger partial charge is 0.497 e. The van der Waals surface area contributed by atoms with Gasteiger partial charge in [0.15, 0.2) is 0 Å². The number of nitrogens with one attached hydrogen (secondary N) is 1. The smallest absolute Gasteiger partial charge is 0.257 e. The van der Waals surface area contributed by atoms with E-state index in [1.54, 1.807) is 25.4 Å². The number of hydrogen-bond donors (Lipinski definition) is 1. The van der Waals surface area contributed by atoms with Crippen LogP contribution in [-0.2, 0) is 6.42 Å². The molecule has 2 amide bonds. The van der Waals surface area contributed by atoms with Crippen LogP contribution in [0.25, 0.3) is 0 Å². The van der Waals surface area contributed by atoms with Crippen molar-refractivity contribution in [3.63, 3.8) is 0 Å². The number of carbonyl (C=O) groups is 2. The van der Waals surface area contributed by atoms with Crippen LogP contribution in [0.2, 0.25) is 0 Å². The van der Waals surface area contributed by atoms with Crippen molar-refractivity contribution in [3.8, 4) is 5.75 Å². The Balaban J connectivity index is 1.22. The number of fused-ring (bicyclic) bond motifs is 1. The van der Waals surface area contributed by atoms with Gasteiger partial charge in [-0.25, -0.2) is 0 Å². The SMILES string of the molecule is COc1ccc(C2[C@H]3CN(C(=O)c4ccc(C)c(NC(=O)c5ccc(CC(C)C)nc5)c4)C[C@@H]23)cc1. The molecule has 3 atom stereocenters. The lowest BCUT2D eigenvalue weighted by Crippen LogP contribution is -2.31. The molecule has 1 aromatic heterocycles. The zero-order valence-corrected chi connectivity index (χ0v) is 21.3. The average molecular weight is 484 g/mol. The van der Waals surface area contributed by atoms with Gasteiger partial charge in [-0.2, -0.15) is 0 Å². The van der Waals surface area contributed by atoms with E-state index in [2.05, 4.69) is 36.3 Å². The minimum atomic E-state index is -0.226. The summed E-state index contributed by atoms with van der Waals surface area (Å²) < 4.78 is 5.26. The molecule has 6 heteroatoms. The number of benzene rings is 2. The molecular weight excluding hydrogens is 450 g/mol. The number of nitrogens with zero attached hydrogens (tertiary/aromatic N) is 2. The first kappa shape index (κ1) is 24.0. The Hall–Kier alpha value is -3.67. The summed E-state index contributed by atoms with van der Waals surface area (Å²) in [6.45, 7) is 7.75. The minimum absolute atomic E-state index is 0.0193. The number of piperidine rings is 1. The molecule has 1 aliphatic heterocycles. The maximum absolute atomic E-state index is 13.3. The van der Waals surface area contributed by atoms with E-state index in [4.69, 9.17) is 4.74 Å². The van der Waals surface area contributed by atoms with Gasteiger partial charge < -0.3 is 15.0 Å². The van der Waals surface area contributed by atoms with Gasteiger partial charge in [0.1, 0.15) is 5.75 Å². The van der Waals surface area contributed by atoms with Crippen LogP contribution in [0, 0.1) is 24.7 Å². The Morgan fingerprint density at radius 3 is 2.33 bits per heavy atom. The molecule has 0 bridgehead atoms. The highest BCUT2D eigenvalue weighted by atomic mass is 16.5. The molecule has 2 fully saturated rings. The zero-order chi connectivity index (χ0) is 25.4. The summed E-state index contributed by atoms with van der Waals surface area (Å²) in [4.78, 5) is 32.5. The van der Waals surface area contributed by atoms with Gasteiger partial charge in [-0.05, 0) is 84.5 Å². The Morgan fingerprint density at radius 2 is 1.72 bits per heavy atom. The van der Waals surface area contributed by atoms with E-state index in [0.717, 1.165) is 36.5 Å². The minimum Gasteiger partial charge on any atom is -0.497 e. The van der Waals surface area contributed by atoms with Crippen LogP contribution in [-0.4, -0.2) is 41.9 Å². The molecule has 186 valence electrons. The first-order valence-corrected chi connectivity index (χ1v) is 12.6. The van der Waals surface area contributed by atoms with Crippen molar-refractivity contribution >= 4 is 17.5 Å². The quantitative estimate of drug-likeness (QED) is 0.493. The molecule has 0 radical (unpaired) electrons. The summed E-state index contributed by atoms with van der Waals surface area (Å²) in [6, 6.07) is 17.5. The molecule has 2 aromatic carbocycles. The van der Waals surface area contributed by atoms with Crippen LogP contribution in [0.15, 0.2) is 60.8 Å². The maximum Gasteiger partial charge on any atom is 0.257 e. The predicted molar refractivity (Wildman–Crippen MR) is 141 cm³/mol. The van der Waals surface area contributed by atoms with E-state index in [1.807, 2.05) is 42.2 Å². The van der Waals surface area contributed by atoms with Gasteiger partial charge in [0.25, 0.3) is 11.8 Å². The van der Waals surface area contributed by atoms with Crippen LogP contribution in [0.4, 0.5) is 5.69 Å². The summed E-state index contributed by atoms with van der Waals surface area (Å²) in [5.41, 5.74) is 4.96. The van der Waals surface area contributed by atoms with Crippen molar-refractivity contribution in [1.29, 1.82) is 0 Å². The first-order chi connectivity index (χ1) is 17.3. The molecule has 1 saturated carbocycles. The van der Waals surface area contributed by atoms with Gasteiger partial charge in [-0.15, -0.1) is 0 Å². The van der Waals surface area contributed by atoms with Crippen molar-refractivity contribution in [3.05, 3.63) is 88.7 Å². The first-order valence-electron chi connectivity index (χ1n) is 12.6. The Kier molecular flexibility index (Phi) is 6.52. The second-order valence-corrected chi connectivity index (χ2v) is 10.5. The molecular formula is C30H33N3O3. The molecule has 3 aromatic rings. The lowest BCUT2D eigenvalue weighted by atomic mass is 10.1. The molecule has 1 unspecified atom stereocenters. The predicted octanol–water partition coefficient (Wildman–Crippen LogP) is 5.34. The monoisotopic (exact) mass is 483 g/mol. The number of amides is 2. The highest BCUT2D eigenvalue weighted by molar-refractivity contribution is 6.05. The van der Waals surface area contributed by atoms with Crippen LogP contribution in [0.3, 0.4) is 0 Å².